The predicted molar refractivity (Wildman–Crippen MR) is 96.7 cm³/mol. The molecule has 0 atom stereocenters. The average molecular weight is 335 g/mol. The second-order valence-corrected chi connectivity index (χ2v) is 5.81. The Bertz CT molecular complexity index is 764. The van der Waals surface area contributed by atoms with Crippen LogP contribution in [0.3, 0.4) is 0 Å². The number of nitrogens with zero attached hydrogens (tertiary/aromatic N) is 3. The van der Waals surface area contributed by atoms with Crippen molar-refractivity contribution in [2.45, 2.75) is 19.9 Å². The lowest BCUT2D eigenvalue weighted by atomic mass is 10.2. The van der Waals surface area contributed by atoms with Crippen molar-refractivity contribution in [1.82, 2.24) is 4.90 Å². The van der Waals surface area contributed by atoms with E-state index in [1.54, 1.807) is 41.1 Å². The van der Waals surface area contributed by atoms with Gasteiger partial charge in [-0.3, -0.25) is 9.59 Å². The highest BCUT2D eigenvalue weighted by Gasteiger charge is 2.15. The smallest absolute Gasteiger partial charge is 0.224 e. The molecule has 2 aromatic carbocycles. The first kappa shape index (κ1) is 18.2. The average Bonchev–Trinajstić information content (AvgIpc) is 2.62. The molecular weight excluding hydrogens is 314 g/mol. The molecule has 0 saturated heterocycles. The first-order valence-electron chi connectivity index (χ1n) is 8.07. The number of anilines is 1. The van der Waals surface area contributed by atoms with Crippen LogP contribution in [0.4, 0.5) is 5.69 Å². The molecule has 5 heteroatoms. The monoisotopic (exact) mass is 335 g/mol. The molecule has 128 valence electrons. The Kier molecular flexibility index (Phi) is 6.30. The molecular formula is C20H21N3O2. The number of carbonyl (C=O) groups excluding carboxylic acids is 2. The number of hydrogen-bond donors (Lipinski definition) is 0. The third-order valence-corrected chi connectivity index (χ3v) is 3.93. The second kappa shape index (κ2) is 8.65. The van der Waals surface area contributed by atoms with E-state index in [1.807, 2.05) is 36.4 Å². The Hall–Kier alpha value is -3.13. The summed E-state index contributed by atoms with van der Waals surface area (Å²) in [4.78, 5) is 27.5. The van der Waals surface area contributed by atoms with Crippen molar-refractivity contribution >= 4 is 17.5 Å². The summed E-state index contributed by atoms with van der Waals surface area (Å²) in [5, 5.41) is 8.85. The number of nitriles is 1. The SMILES string of the molecule is CC(=O)N(CCC(=O)N(C)Cc1ccccc1)c1ccc(C#N)cc1. The molecule has 0 saturated carbocycles. The van der Waals surface area contributed by atoms with Gasteiger partial charge in [-0.2, -0.15) is 5.26 Å². The van der Waals surface area contributed by atoms with Crippen LogP contribution in [0.2, 0.25) is 0 Å². The molecule has 0 aliphatic heterocycles. The number of rotatable bonds is 6. The number of carbonyl (C=O) groups is 2. The van der Waals surface area contributed by atoms with E-state index in [9.17, 15) is 9.59 Å². The van der Waals surface area contributed by atoms with E-state index in [-0.39, 0.29) is 18.2 Å². The predicted octanol–water partition coefficient (Wildman–Crippen LogP) is 2.96. The maximum atomic E-state index is 12.4. The summed E-state index contributed by atoms with van der Waals surface area (Å²) < 4.78 is 0. The van der Waals surface area contributed by atoms with Crippen LogP contribution in [0.15, 0.2) is 54.6 Å². The lowest BCUT2D eigenvalue weighted by Gasteiger charge is -2.23. The Labute approximate surface area is 148 Å². The molecule has 0 bridgehead atoms. The summed E-state index contributed by atoms with van der Waals surface area (Å²) in [6.45, 7) is 2.31. The summed E-state index contributed by atoms with van der Waals surface area (Å²) in [7, 11) is 1.76. The van der Waals surface area contributed by atoms with Gasteiger partial charge in [0.05, 0.1) is 11.6 Å². The fourth-order valence-corrected chi connectivity index (χ4v) is 2.53. The van der Waals surface area contributed by atoms with Gasteiger partial charge in [-0.15, -0.1) is 0 Å². The lowest BCUT2D eigenvalue weighted by molar-refractivity contribution is -0.130. The van der Waals surface area contributed by atoms with E-state index < -0.39 is 0 Å². The Morgan fingerprint density at radius 3 is 2.24 bits per heavy atom. The molecule has 0 unspecified atom stereocenters. The molecule has 2 rings (SSSR count). The number of benzene rings is 2. The summed E-state index contributed by atoms with van der Waals surface area (Å²) in [5.41, 5.74) is 2.28. The molecule has 0 aliphatic rings. The van der Waals surface area contributed by atoms with Gasteiger partial charge >= 0.3 is 0 Å². The summed E-state index contributed by atoms with van der Waals surface area (Å²) in [6, 6.07) is 18.6. The first-order valence-corrected chi connectivity index (χ1v) is 8.07. The fourth-order valence-electron chi connectivity index (χ4n) is 2.53. The molecule has 0 heterocycles. The highest BCUT2D eigenvalue weighted by Crippen LogP contribution is 2.16. The standard InChI is InChI=1S/C20H21N3O2/c1-16(24)23(19-10-8-17(14-21)9-11-19)13-12-20(25)22(2)15-18-6-4-3-5-7-18/h3-11H,12-13,15H2,1-2H3. The zero-order valence-electron chi connectivity index (χ0n) is 14.5. The fraction of sp³-hybridized carbons (Fsp3) is 0.250. The minimum absolute atomic E-state index is 0.0243. The van der Waals surface area contributed by atoms with Gasteiger partial charge in [-0.25, -0.2) is 0 Å². The van der Waals surface area contributed by atoms with E-state index in [4.69, 9.17) is 5.26 Å². The minimum Gasteiger partial charge on any atom is -0.341 e. The topological polar surface area (TPSA) is 64.4 Å². The largest absolute Gasteiger partial charge is 0.341 e. The third kappa shape index (κ3) is 5.18. The van der Waals surface area contributed by atoms with Crippen LogP contribution >= 0.6 is 0 Å². The summed E-state index contributed by atoms with van der Waals surface area (Å²) in [5.74, 6) is -0.160. The third-order valence-electron chi connectivity index (χ3n) is 3.93. The maximum Gasteiger partial charge on any atom is 0.224 e. The van der Waals surface area contributed by atoms with Gasteiger partial charge in [0, 0.05) is 39.2 Å². The molecule has 0 fully saturated rings. The van der Waals surface area contributed by atoms with E-state index in [0.717, 1.165) is 5.56 Å². The molecule has 0 radical (unpaired) electrons. The molecule has 0 spiro atoms. The quantitative estimate of drug-likeness (QED) is 0.815. The van der Waals surface area contributed by atoms with Crippen molar-refractivity contribution in [3.63, 3.8) is 0 Å². The van der Waals surface area contributed by atoms with Crippen molar-refractivity contribution < 1.29 is 9.59 Å². The minimum atomic E-state index is -0.136. The van der Waals surface area contributed by atoms with Gasteiger partial charge in [-0.1, -0.05) is 30.3 Å². The van der Waals surface area contributed by atoms with Crippen molar-refractivity contribution in [2.75, 3.05) is 18.5 Å². The molecule has 2 aromatic rings. The van der Waals surface area contributed by atoms with E-state index in [1.165, 1.54) is 6.92 Å². The van der Waals surface area contributed by atoms with Crippen LogP contribution in [0, 0.1) is 11.3 Å². The van der Waals surface area contributed by atoms with Crippen molar-refractivity contribution in [2.24, 2.45) is 0 Å². The molecule has 0 aromatic heterocycles. The van der Waals surface area contributed by atoms with Gasteiger partial charge in [0.15, 0.2) is 0 Å². The summed E-state index contributed by atoms with van der Waals surface area (Å²) in [6.07, 6.45) is 0.239. The van der Waals surface area contributed by atoms with Gasteiger partial charge < -0.3 is 9.80 Å². The lowest BCUT2D eigenvalue weighted by Crippen LogP contribution is -2.34. The Morgan fingerprint density at radius 1 is 1.04 bits per heavy atom. The van der Waals surface area contributed by atoms with Crippen LogP contribution in [0.1, 0.15) is 24.5 Å². The van der Waals surface area contributed by atoms with Crippen LogP contribution in [-0.2, 0) is 16.1 Å². The first-order chi connectivity index (χ1) is 12.0. The molecule has 2 amide bonds. The highest BCUT2D eigenvalue weighted by molar-refractivity contribution is 5.92. The van der Waals surface area contributed by atoms with Crippen LogP contribution < -0.4 is 4.90 Å². The molecule has 5 nitrogen and oxygen atoms in total. The van der Waals surface area contributed by atoms with Crippen molar-refractivity contribution in [3.8, 4) is 6.07 Å². The Balaban J connectivity index is 1.97. The Morgan fingerprint density at radius 2 is 1.68 bits per heavy atom. The zero-order chi connectivity index (χ0) is 18.2. The number of hydrogen-bond acceptors (Lipinski definition) is 3. The van der Waals surface area contributed by atoms with E-state index in [0.29, 0.717) is 24.3 Å². The van der Waals surface area contributed by atoms with Gasteiger partial charge in [-0.05, 0) is 29.8 Å². The maximum absolute atomic E-state index is 12.4. The van der Waals surface area contributed by atoms with Gasteiger partial charge in [0.25, 0.3) is 0 Å². The van der Waals surface area contributed by atoms with Crippen molar-refractivity contribution in [1.29, 1.82) is 5.26 Å². The normalized spacial score (nSPS) is 9.96. The molecule has 25 heavy (non-hydrogen) atoms. The summed E-state index contributed by atoms with van der Waals surface area (Å²) >= 11 is 0. The van der Waals surface area contributed by atoms with Crippen molar-refractivity contribution in [3.05, 3.63) is 65.7 Å². The molecule has 0 aliphatic carbocycles. The van der Waals surface area contributed by atoms with Gasteiger partial charge in [0.2, 0.25) is 11.8 Å². The molecule has 0 N–H and O–H groups in total. The second-order valence-electron chi connectivity index (χ2n) is 5.81. The number of amides is 2. The zero-order valence-corrected chi connectivity index (χ0v) is 14.5. The van der Waals surface area contributed by atoms with Crippen LogP contribution in [0.25, 0.3) is 0 Å². The van der Waals surface area contributed by atoms with Crippen LogP contribution in [0.5, 0.6) is 0 Å². The van der Waals surface area contributed by atoms with E-state index in [2.05, 4.69) is 0 Å². The van der Waals surface area contributed by atoms with E-state index >= 15 is 0 Å². The highest BCUT2D eigenvalue weighted by atomic mass is 16.2. The van der Waals surface area contributed by atoms with Gasteiger partial charge in [0.1, 0.15) is 0 Å². The van der Waals surface area contributed by atoms with Crippen LogP contribution in [-0.4, -0.2) is 30.3 Å².